The van der Waals surface area contributed by atoms with Crippen LogP contribution in [-0.4, -0.2) is 32.3 Å². The van der Waals surface area contributed by atoms with Crippen LogP contribution in [0.3, 0.4) is 0 Å². The minimum absolute atomic E-state index is 0.563. The van der Waals surface area contributed by atoms with Crippen LogP contribution < -0.4 is 5.32 Å². The fraction of sp³-hybridized carbons (Fsp3) is 0.429. The predicted octanol–water partition coefficient (Wildman–Crippen LogP) is 2.79. The maximum absolute atomic E-state index is 4.21. The lowest BCUT2D eigenvalue weighted by Crippen LogP contribution is -2.26. The van der Waals surface area contributed by atoms with Gasteiger partial charge in [0.2, 0.25) is 0 Å². The van der Waals surface area contributed by atoms with Gasteiger partial charge in [-0.3, -0.25) is 0 Å². The Labute approximate surface area is 117 Å². The van der Waals surface area contributed by atoms with Gasteiger partial charge in [0.25, 0.3) is 0 Å². The summed E-state index contributed by atoms with van der Waals surface area (Å²) in [6, 6.07) is 8.90. The highest BCUT2D eigenvalue weighted by Gasteiger charge is 2.16. The number of rotatable bonds is 3. The average Bonchev–Trinajstić information content (AvgIpc) is 2.87. The van der Waals surface area contributed by atoms with Gasteiger partial charge in [0.15, 0.2) is 5.82 Å². The van der Waals surface area contributed by atoms with Gasteiger partial charge in [0.05, 0.1) is 0 Å². The second kappa shape index (κ2) is 5.65. The maximum Gasteiger partial charge on any atom is 0.165 e. The first-order chi connectivity index (χ1) is 9.34. The van der Waals surface area contributed by atoms with Gasteiger partial charge in [-0.25, -0.2) is 0 Å². The van der Waals surface area contributed by atoms with Gasteiger partial charge in [0, 0.05) is 30.1 Å². The Kier molecular flexibility index (Phi) is 3.73. The molecule has 0 spiro atoms. The molecule has 0 bridgehead atoms. The number of nitrogens with zero attached hydrogens (tertiary/aromatic N) is 3. The summed E-state index contributed by atoms with van der Waals surface area (Å²) in [6.07, 6.45) is 4.29. The molecule has 100 valence electrons. The molecule has 1 aliphatic heterocycles. The number of hydrogen-bond acceptors (Lipinski definition) is 4. The van der Waals surface area contributed by atoms with Crippen LogP contribution in [0.1, 0.15) is 12.8 Å². The Hall–Kier alpha value is -1.49. The molecule has 2 aromatic rings. The van der Waals surface area contributed by atoms with Crippen molar-refractivity contribution in [2.45, 2.75) is 18.9 Å². The van der Waals surface area contributed by atoms with Crippen LogP contribution in [0.25, 0.3) is 11.4 Å². The molecule has 1 unspecified atom stereocenters. The Morgan fingerprint density at radius 1 is 1.37 bits per heavy atom. The van der Waals surface area contributed by atoms with E-state index in [2.05, 4.69) is 33.7 Å². The van der Waals surface area contributed by atoms with Crippen molar-refractivity contribution < 1.29 is 0 Å². The van der Waals surface area contributed by atoms with E-state index in [1.807, 2.05) is 29.4 Å². The van der Waals surface area contributed by atoms with Gasteiger partial charge in [0.1, 0.15) is 6.33 Å². The largest absolute Gasteiger partial charge is 0.381 e. The number of para-hydroxylation sites is 1. The normalized spacial score (nSPS) is 19.3. The monoisotopic (exact) mass is 274 g/mol. The Morgan fingerprint density at radius 3 is 3.00 bits per heavy atom. The van der Waals surface area contributed by atoms with Crippen molar-refractivity contribution >= 4 is 17.4 Å². The molecule has 0 amide bonds. The zero-order chi connectivity index (χ0) is 13.1. The van der Waals surface area contributed by atoms with E-state index in [0.717, 1.165) is 17.1 Å². The van der Waals surface area contributed by atoms with E-state index in [0.29, 0.717) is 6.04 Å². The first kappa shape index (κ1) is 12.5. The van der Waals surface area contributed by atoms with Gasteiger partial charge in [-0.1, -0.05) is 12.1 Å². The number of nitrogens with one attached hydrogen (secondary N) is 1. The molecule has 1 aromatic carbocycles. The molecule has 4 nitrogen and oxygen atoms in total. The Balaban J connectivity index is 1.87. The number of aryl methyl sites for hydroxylation is 1. The van der Waals surface area contributed by atoms with Gasteiger partial charge in [-0.2, -0.15) is 11.8 Å². The molecule has 5 heteroatoms. The molecule has 1 saturated heterocycles. The third kappa shape index (κ3) is 2.76. The lowest BCUT2D eigenvalue weighted by molar-refractivity contribution is 0.685. The first-order valence-corrected chi connectivity index (χ1v) is 7.78. The molecule has 1 aromatic heterocycles. The molecule has 1 N–H and O–H groups in total. The van der Waals surface area contributed by atoms with E-state index in [1.165, 1.54) is 24.3 Å². The fourth-order valence-corrected chi connectivity index (χ4v) is 3.48. The lowest BCUT2D eigenvalue weighted by Gasteiger charge is -2.24. The number of benzene rings is 1. The SMILES string of the molecule is Cn1cnnc1-c1ccccc1NC1CCCSC1. The van der Waals surface area contributed by atoms with Crippen LogP contribution >= 0.6 is 11.8 Å². The smallest absolute Gasteiger partial charge is 0.165 e. The van der Waals surface area contributed by atoms with E-state index in [4.69, 9.17) is 0 Å². The minimum atomic E-state index is 0.563. The van der Waals surface area contributed by atoms with E-state index in [1.54, 1.807) is 6.33 Å². The summed E-state index contributed by atoms with van der Waals surface area (Å²) in [5, 5.41) is 11.8. The number of hydrogen-bond donors (Lipinski definition) is 1. The Morgan fingerprint density at radius 2 is 2.26 bits per heavy atom. The summed E-state index contributed by atoms with van der Waals surface area (Å²) in [7, 11) is 1.97. The molecular formula is C14H18N4S. The summed E-state index contributed by atoms with van der Waals surface area (Å²) >= 11 is 2.03. The van der Waals surface area contributed by atoms with Crippen molar-refractivity contribution in [2.75, 3.05) is 16.8 Å². The molecule has 1 aliphatic rings. The molecule has 2 heterocycles. The van der Waals surface area contributed by atoms with Gasteiger partial charge in [-0.15, -0.1) is 10.2 Å². The second-order valence-electron chi connectivity index (χ2n) is 4.87. The fourth-order valence-electron chi connectivity index (χ4n) is 2.41. The summed E-state index contributed by atoms with van der Waals surface area (Å²) in [6.45, 7) is 0. The predicted molar refractivity (Wildman–Crippen MR) is 80.4 cm³/mol. The van der Waals surface area contributed by atoms with E-state index in [-0.39, 0.29) is 0 Å². The van der Waals surface area contributed by atoms with Gasteiger partial charge in [-0.05, 0) is 30.7 Å². The molecule has 1 fully saturated rings. The zero-order valence-corrected chi connectivity index (χ0v) is 11.9. The third-order valence-electron chi connectivity index (χ3n) is 3.40. The van der Waals surface area contributed by atoms with Crippen LogP contribution in [0, 0.1) is 0 Å². The van der Waals surface area contributed by atoms with Crippen LogP contribution in [-0.2, 0) is 7.05 Å². The van der Waals surface area contributed by atoms with Crippen molar-refractivity contribution in [1.82, 2.24) is 14.8 Å². The van der Waals surface area contributed by atoms with Crippen molar-refractivity contribution in [2.24, 2.45) is 7.05 Å². The van der Waals surface area contributed by atoms with E-state index < -0.39 is 0 Å². The van der Waals surface area contributed by atoms with Crippen LogP contribution in [0.5, 0.6) is 0 Å². The Bertz CT molecular complexity index is 546. The summed E-state index contributed by atoms with van der Waals surface area (Å²) < 4.78 is 1.95. The molecule has 0 saturated carbocycles. The van der Waals surface area contributed by atoms with Crippen LogP contribution in [0.4, 0.5) is 5.69 Å². The highest BCUT2D eigenvalue weighted by Crippen LogP contribution is 2.28. The molecule has 19 heavy (non-hydrogen) atoms. The van der Waals surface area contributed by atoms with Crippen molar-refractivity contribution in [1.29, 1.82) is 0 Å². The van der Waals surface area contributed by atoms with Crippen LogP contribution in [0.2, 0.25) is 0 Å². The molecule has 0 aliphatic carbocycles. The summed E-state index contributed by atoms with van der Waals surface area (Å²) in [5.74, 6) is 3.39. The average molecular weight is 274 g/mol. The van der Waals surface area contributed by atoms with E-state index >= 15 is 0 Å². The molecule has 0 radical (unpaired) electrons. The van der Waals surface area contributed by atoms with Crippen LogP contribution in [0.15, 0.2) is 30.6 Å². The zero-order valence-electron chi connectivity index (χ0n) is 11.0. The molecular weight excluding hydrogens is 256 g/mol. The molecule has 1 atom stereocenters. The van der Waals surface area contributed by atoms with Crippen molar-refractivity contribution in [3.63, 3.8) is 0 Å². The lowest BCUT2D eigenvalue weighted by atomic mass is 10.1. The highest BCUT2D eigenvalue weighted by molar-refractivity contribution is 7.99. The number of aromatic nitrogens is 3. The van der Waals surface area contributed by atoms with E-state index in [9.17, 15) is 0 Å². The number of anilines is 1. The summed E-state index contributed by atoms with van der Waals surface area (Å²) in [5.41, 5.74) is 2.28. The second-order valence-corrected chi connectivity index (χ2v) is 6.02. The quantitative estimate of drug-likeness (QED) is 0.934. The van der Waals surface area contributed by atoms with Gasteiger partial charge < -0.3 is 9.88 Å². The van der Waals surface area contributed by atoms with Crippen molar-refractivity contribution in [3.05, 3.63) is 30.6 Å². The third-order valence-corrected chi connectivity index (χ3v) is 4.61. The topological polar surface area (TPSA) is 42.7 Å². The standard InChI is InChI=1S/C14H18N4S/c1-18-10-15-17-14(18)12-6-2-3-7-13(12)16-11-5-4-8-19-9-11/h2-3,6-7,10-11,16H,4-5,8-9H2,1H3. The van der Waals surface area contributed by atoms with Crippen molar-refractivity contribution in [3.8, 4) is 11.4 Å². The maximum atomic E-state index is 4.21. The first-order valence-electron chi connectivity index (χ1n) is 6.62. The minimum Gasteiger partial charge on any atom is -0.381 e. The molecule has 3 rings (SSSR count). The highest BCUT2D eigenvalue weighted by atomic mass is 32.2. The summed E-state index contributed by atoms with van der Waals surface area (Å²) in [4.78, 5) is 0. The van der Waals surface area contributed by atoms with Gasteiger partial charge >= 0.3 is 0 Å². The number of thioether (sulfide) groups is 1.